The van der Waals surface area contributed by atoms with E-state index in [-0.39, 0.29) is 17.8 Å². The van der Waals surface area contributed by atoms with Gasteiger partial charge in [-0.05, 0) is 23.2 Å². The van der Waals surface area contributed by atoms with E-state index in [4.69, 9.17) is 0 Å². The molecule has 0 radical (unpaired) electrons. The molecule has 0 saturated carbocycles. The van der Waals surface area contributed by atoms with E-state index in [0.717, 1.165) is 16.8 Å². The van der Waals surface area contributed by atoms with E-state index in [1.54, 1.807) is 0 Å². The molecule has 1 rings (SSSR count). The highest BCUT2D eigenvalue weighted by Crippen LogP contribution is 2.41. The number of hydrogen-bond acceptors (Lipinski definition) is 2. The van der Waals surface area contributed by atoms with Crippen molar-refractivity contribution in [2.75, 3.05) is 6.61 Å². The first kappa shape index (κ1) is 18.3. The molecule has 0 saturated heterocycles. The molecule has 1 N–H and O–H groups in total. The predicted molar refractivity (Wildman–Crippen MR) is 96.8 cm³/mol. The van der Waals surface area contributed by atoms with Crippen LogP contribution in [0.1, 0.15) is 12.8 Å². The van der Waals surface area contributed by atoms with E-state index in [2.05, 4.69) is 58.0 Å². The van der Waals surface area contributed by atoms with E-state index < -0.39 is 16.1 Å². The molecule has 2 nitrogen and oxygen atoms in total. The van der Waals surface area contributed by atoms with Gasteiger partial charge in [0.25, 0.3) is 0 Å². The van der Waals surface area contributed by atoms with Gasteiger partial charge < -0.3 is 5.11 Å². The van der Waals surface area contributed by atoms with Crippen molar-refractivity contribution >= 4 is 21.9 Å². The van der Waals surface area contributed by atoms with Crippen LogP contribution in [0.3, 0.4) is 0 Å². The molecule has 0 spiro atoms. The van der Waals surface area contributed by atoms with Crippen LogP contribution in [0.2, 0.25) is 39.3 Å². The van der Waals surface area contributed by atoms with Crippen molar-refractivity contribution in [2.45, 2.75) is 52.1 Å². The molecule has 0 aromatic carbocycles. The molecule has 1 aliphatic carbocycles. The molecule has 0 aromatic heterocycles. The molecule has 4 heteroatoms. The Balaban J connectivity index is 3.52. The number of carbonyl (C=O) groups is 1. The maximum absolute atomic E-state index is 13.0. The van der Waals surface area contributed by atoms with Crippen LogP contribution in [0.15, 0.2) is 35.2 Å². The summed E-state index contributed by atoms with van der Waals surface area (Å²) in [5, 5.41) is 11.6. The van der Waals surface area contributed by atoms with Crippen LogP contribution in [0.5, 0.6) is 0 Å². The zero-order valence-corrected chi connectivity index (χ0v) is 16.4. The van der Waals surface area contributed by atoms with Crippen LogP contribution in [-0.4, -0.2) is 33.6 Å². The highest BCUT2D eigenvalue weighted by atomic mass is 28.3. The monoisotopic (exact) mass is 322 g/mol. The number of allylic oxidation sites excluding steroid dienone is 5. The van der Waals surface area contributed by atoms with Crippen molar-refractivity contribution in [3.63, 3.8) is 0 Å². The van der Waals surface area contributed by atoms with Gasteiger partial charge >= 0.3 is 0 Å². The van der Waals surface area contributed by atoms with Crippen molar-refractivity contribution in [1.29, 1.82) is 0 Å². The first-order chi connectivity index (χ1) is 9.47. The summed E-state index contributed by atoms with van der Waals surface area (Å²) in [5.41, 5.74) is -0.227. The van der Waals surface area contributed by atoms with Crippen LogP contribution in [-0.2, 0) is 4.79 Å². The minimum atomic E-state index is -1.71. The number of aliphatic hydroxyl groups excluding tert-OH is 1. The Hall–Kier alpha value is -0.716. The largest absolute Gasteiger partial charge is 0.396 e. The van der Waals surface area contributed by atoms with Crippen molar-refractivity contribution in [2.24, 2.45) is 5.41 Å². The Morgan fingerprint density at radius 3 is 1.81 bits per heavy atom. The summed E-state index contributed by atoms with van der Waals surface area (Å²) < 4.78 is 0. The van der Waals surface area contributed by atoms with Crippen LogP contribution in [0.25, 0.3) is 0 Å². The fraction of sp³-hybridized carbons (Fsp3) is 0.588. The fourth-order valence-corrected chi connectivity index (χ4v) is 6.05. The molecule has 0 bridgehead atoms. The van der Waals surface area contributed by atoms with Gasteiger partial charge in [-0.25, -0.2) is 0 Å². The number of aliphatic hydroxyl groups is 1. The van der Waals surface area contributed by atoms with E-state index in [9.17, 15) is 9.90 Å². The Morgan fingerprint density at radius 1 is 1.10 bits per heavy atom. The van der Waals surface area contributed by atoms with Crippen LogP contribution < -0.4 is 0 Å². The lowest BCUT2D eigenvalue weighted by Crippen LogP contribution is -2.42. The third-order valence-electron chi connectivity index (χ3n) is 4.07. The normalized spacial score (nSPS) is 19.1. The minimum absolute atomic E-state index is 0.132. The second-order valence-electron chi connectivity index (χ2n) is 8.14. The number of ketones is 1. The molecule has 0 heterocycles. The van der Waals surface area contributed by atoms with E-state index in [1.165, 1.54) is 0 Å². The lowest BCUT2D eigenvalue weighted by molar-refractivity contribution is -0.111. The molecule has 0 amide bonds. The van der Waals surface area contributed by atoms with E-state index in [1.807, 2.05) is 6.08 Å². The Labute approximate surface area is 131 Å². The summed E-state index contributed by atoms with van der Waals surface area (Å²) in [4.78, 5) is 13.0. The van der Waals surface area contributed by atoms with Crippen molar-refractivity contribution in [1.82, 2.24) is 0 Å². The van der Waals surface area contributed by atoms with Crippen molar-refractivity contribution in [3.05, 3.63) is 35.2 Å². The molecule has 0 aromatic rings. The molecular formula is C17H30O2Si2. The third-order valence-corrected chi connectivity index (χ3v) is 8.05. The van der Waals surface area contributed by atoms with E-state index in [0.29, 0.717) is 6.42 Å². The predicted octanol–water partition coefficient (Wildman–Crippen LogP) is 4.12. The lowest BCUT2D eigenvalue weighted by Gasteiger charge is -2.38. The van der Waals surface area contributed by atoms with Crippen LogP contribution in [0.4, 0.5) is 0 Å². The van der Waals surface area contributed by atoms with Crippen LogP contribution in [0, 0.1) is 5.41 Å². The maximum Gasteiger partial charge on any atom is 0.176 e. The summed E-state index contributed by atoms with van der Waals surface area (Å²) in [7, 11) is -3.42. The van der Waals surface area contributed by atoms with Gasteiger partial charge in [0.1, 0.15) is 0 Å². The quantitative estimate of drug-likeness (QED) is 0.590. The number of carbonyl (C=O) groups excluding carboxylic acids is 1. The molecule has 0 atom stereocenters. The maximum atomic E-state index is 13.0. The summed E-state index contributed by atoms with van der Waals surface area (Å²) in [5.74, 6) is 0.269. The molecule has 0 unspecified atom stereocenters. The van der Waals surface area contributed by atoms with Gasteiger partial charge in [0.2, 0.25) is 0 Å². The summed E-state index contributed by atoms with van der Waals surface area (Å²) >= 11 is 0. The van der Waals surface area contributed by atoms with Crippen molar-refractivity contribution in [3.8, 4) is 0 Å². The van der Waals surface area contributed by atoms with E-state index >= 15 is 0 Å². The molecule has 1 aliphatic rings. The Bertz CT molecular complexity index is 454. The standard InChI is InChI=1S/C17H30O2Si2/c1-8-9-17(10-11-18)12-14(20(2,3)4)16(19)15(13-17)21(5,6)7/h8,12-13,18H,1,9-11H2,2-7H3. The summed E-state index contributed by atoms with van der Waals surface area (Å²) in [6.45, 7) is 17.3. The van der Waals surface area contributed by atoms with Gasteiger partial charge in [-0.1, -0.05) is 57.5 Å². The van der Waals surface area contributed by atoms with Crippen LogP contribution >= 0.6 is 0 Å². The average Bonchev–Trinajstić information content (AvgIpc) is 2.30. The molecule has 118 valence electrons. The SMILES string of the molecule is C=CCC1(CCO)C=C([Si](C)(C)C)C(=O)C([Si](C)(C)C)=C1. The zero-order chi connectivity index (χ0) is 16.5. The molecule has 0 aliphatic heterocycles. The Morgan fingerprint density at radius 2 is 1.52 bits per heavy atom. The first-order valence-corrected chi connectivity index (χ1v) is 14.7. The second-order valence-corrected chi connectivity index (χ2v) is 18.2. The molecule has 21 heavy (non-hydrogen) atoms. The molecular weight excluding hydrogens is 292 g/mol. The lowest BCUT2D eigenvalue weighted by atomic mass is 9.78. The average molecular weight is 323 g/mol. The number of rotatable bonds is 6. The highest BCUT2D eigenvalue weighted by molar-refractivity contribution is 6.93. The number of Topliss-reactive ketones (excluding diaryl/α,β-unsaturated/α-hetero) is 1. The zero-order valence-electron chi connectivity index (χ0n) is 14.4. The Kier molecular flexibility index (Phi) is 5.40. The van der Waals surface area contributed by atoms with Gasteiger partial charge in [0, 0.05) is 12.0 Å². The van der Waals surface area contributed by atoms with Gasteiger partial charge in [-0.3, -0.25) is 4.79 Å². The minimum Gasteiger partial charge on any atom is -0.396 e. The number of hydrogen-bond donors (Lipinski definition) is 1. The highest BCUT2D eigenvalue weighted by Gasteiger charge is 2.41. The summed E-state index contributed by atoms with van der Waals surface area (Å²) in [6, 6.07) is 0. The summed E-state index contributed by atoms with van der Waals surface area (Å²) in [6.07, 6.45) is 7.66. The smallest absolute Gasteiger partial charge is 0.176 e. The van der Waals surface area contributed by atoms with Gasteiger partial charge in [-0.2, -0.15) is 0 Å². The second kappa shape index (κ2) is 6.19. The fourth-order valence-electron chi connectivity index (χ4n) is 2.85. The third kappa shape index (κ3) is 4.14. The van der Waals surface area contributed by atoms with Crippen molar-refractivity contribution < 1.29 is 9.90 Å². The molecule has 0 fully saturated rings. The van der Waals surface area contributed by atoms with Gasteiger partial charge in [0.05, 0.1) is 16.1 Å². The topological polar surface area (TPSA) is 37.3 Å². The van der Waals surface area contributed by atoms with Gasteiger partial charge in [0.15, 0.2) is 5.78 Å². The first-order valence-electron chi connectivity index (χ1n) is 7.70. The van der Waals surface area contributed by atoms with Gasteiger partial charge in [-0.15, -0.1) is 6.58 Å².